The zero-order valence-electron chi connectivity index (χ0n) is 10.1. The van der Waals surface area contributed by atoms with Crippen LogP contribution in [0.5, 0.6) is 5.75 Å². The van der Waals surface area contributed by atoms with Crippen LogP contribution in [0.2, 0.25) is 0 Å². The Hall–Kier alpha value is -2.13. The normalized spacial score (nSPS) is 11.0. The van der Waals surface area contributed by atoms with Gasteiger partial charge in [0, 0.05) is 6.42 Å². The molecule has 108 valence electrons. The molecule has 0 atom stereocenters. The number of phenols is 1. The lowest BCUT2D eigenvalue weighted by molar-refractivity contribution is -0.130. The van der Waals surface area contributed by atoms with E-state index in [1.54, 1.807) is 12.1 Å². The van der Waals surface area contributed by atoms with E-state index in [0.29, 0.717) is 10.0 Å². The summed E-state index contributed by atoms with van der Waals surface area (Å²) in [6.45, 7) is -0.451. The van der Waals surface area contributed by atoms with Crippen LogP contribution in [0, 0.1) is 0 Å². The maximum Gasteiger partial charge on any atom is 0.269 e. The van der Waals surface area contributed by atoms with E-state index >= 15 is 0 Å². The Kier molecular flexibility index (Phi) is 5.94. The zero-order chi connectivity index (χ0) is 15.1. The van der Waals surface area contributed by atoms with Gasteiger partial charge in [-0.25, -0.2) is 5.48 Å². The second kappa shape index (κ2) is 7.46. The molecule has 0 saturated carbocycles. The van der Waals surface area contributed by atoms with E-state index in [4.69, 9.17) is 10.4 Å². The van der Waals surface area contributed by atoms with Crippen LogP contribution in [0.3, 0.4) is 0 Å². The van der Waals surface area contributed by atoms with Gasteiger partial charge in [-0.15, -0.1) is 0 Å². The fraction of sp³-hybridized carbons (Fsp3) is 0.182. The number of benzene rings is 1. The highest BCUT2D eigenvalue weighted by atomic mass is 79.9. The van der Waals surface area contributed by atoms with Gasteiger partial charge in [0.15, 0.2) is 0 Å². The maximum atomic E-state index is 11.6. The van der Waals surface area contributed by atoms with Crippen molar-refractivity contribution in [3.63, 3.8) is 0 Å². The molecule has 0 aliphatic rings. The van der Waals surface area contributed by atoms with Crippen molar-refractivity contribution < 1.29 is 25.1 Å². The van der Waals surface area contributed by atoms with Crippen molar-refractivity contribution in [3.05, 3.63) is 28.2 Å². The first-order valence-corrected chi connectivity index (χ1v) is 6.16. The highest BCUT2D eigenvalue weighted by Gasteiger charge is 2.14. The van der Waals surface area contributed by atoms with Gasteiger partial charge in [-0.1, -0.05) is 11.2 Å². The van der Waals surface area contributed by atoms with Gasteiger partial charge in [-0.05, 0) is 33.6 Å². The minimum atomic E-state index is -0.803. The van der Waals surface area contributed by atoms with Gasteiger partial charge in [0.2, 0.25) is 0 Å². The maximum absolute atomic E-state index is 11.6. The standard InChI is InChI=1S/C11H12BrN3O5/c12-7-3-6(1-2-9(7)16)4-8(14-19)11(18)13-5-10(17)15-20/h1-3,16,19-20H,4-5H2,(H,13,18)(H,15,17)/b14-8+. The van der Waals surface area contributed by atoms with Crippen LogP contribution in [-0.2, 0) is 16.0 Å². The van der Waals surface area contributed by atoms with Crippen molar-refractivity contribution in [2.45, 2.75) is 6.42 Å². The molecule has 5 N–H and O–H groups in total. The van der Waals surface area contributed by atoms with Crippen LogP contribution in [0.25, 0.3) is 0 Å². The van der Waals surface area contributed by atoms with Crippen LogP contribution in [-0.4, -0.2) is 39.6 Å². The highest BCUT2D eigenvalue weighted by molar-refractivity contribution is 9.10. The molecule has 20 heavy (non-hydrogen) atoms. The molecule has 0 aromatic heterocycles. The molecule has 0 saturated heterocycles. The SMILES string of the molecule is O=C(CNC(=O)/C(Cc1ccc(O)c(Br)c1)=N/O)NO. The Morgan fingerprint density at radius 1 is 1.35 bits per heavy atom. The molecule has 0 spiro atoms. The minimum Gasteiger partial charge on any atom is -0.507 e. The number of hydrogen-bond acceptors (Lipinski definition) is 6. The number of carbonyl (C=O) groups excluding carboxylic acids is 2. The Labute approximate surface area is 122 Å². The molecule has 0 fully saturated rings. The summed E-state index contributed by atoms with van der Waals surface area (Å²) in [6, 6.07) is 4.54. The van der Waals surface area contributed by atoms with Crippen molar-refractivity contribution in [2.75, 3.05) is 6.54 Å². The monoisotopic (exact) mass is 345 g/mol. The average Bonchev–Trinajstić information content (AvgIpc) is 2.45. The Morgan fingerprint density at radius 2 is 2.05 bits per heavy atom. The third kappa shape index (κ3) is 4.52. The molecule has 0 aliphatic heterocycles. The smallest absolute Gasteiger partial charge is 0.269 e. The number of nitrogens with zero attached hydrogens (tertiary/aromatic N) is 1. The summed E-state index contributed by atoms with van der Waals surface area (Å²) in [4.78, 5) is 22.4. The third-order valence-corrected chi connectivity index (χ3v) is 2.94. The summed E-state index contributed by atoms with van der Waals surface area (Å²) >= 11 is 3.12. The molecule has 9 heteroatoms. The first-order chi connectivity index (χ1) is 9.47. The molecule has 8 nitrogen and oxygen atoms in total. The summed E-state index contributed by atoms with van der Waals surface area (Å²) < 4.78 is 0.437. The van der Waals surface area contributed by atoms with Gasteiger partial charge in [0.05, 0.1) is 11.0 Å². The van der Waals surface area contributed by atoms with E-state index in [9.17, 15) is 14.7 Å². The number of hydrogen-bond donors (Lipinski definition) is 5. The highest BCUT2D eigenvalue weighted by Crippen LogP contribution is 2.24. The molecule has 0 radical (unpaired) electrons. The summed E-state index contributed by atoms with van der Waals surface area (Å²) in [5.74, 6) is -1.51. The van der Waals surface area contributed by atoms with E-state index in [1.165, 1.54) is 11.5 Å². The predicted octanol–water partition coefficient (Wildman–Crippen LogP) is 0.149. The van der Waals surface area contributed by atoms with Crippen LogP contribution >= 0.6 is 15.9 Å². The number of halogens is 1. The van der Waals surface area contributed by atoms with Crippen molar-refractivity contribution >= 4 is 33.5 Å². The van der Waals surface area contributed by atoms with Gasteiger partial charge >= 0.3 is 0 Å². The molecule has 1 aromatic rings. The molecule has 0 unspecified atom stereocenters. The largest absolute Gasteiger partial charge is 0.507 e. The third-order valence-electron chi connectivity index (χ3n) is 2.30. The molecular weight excluding hydrogens is 334 g/mol. The number of hydroxylamine groups is 1. The number of aromatic hydroxyl groups is 1. The Bertz CT molecular complexity index is 547. The van der Waals surface area contributed by atoms with Gasteiger partial charge in [0.1, 0.15) is 11.5 Å². The molecule has 1 rings (SSSR count). The van der Waals surface area contributed by atoms with E-state index in [-0.39, 0.29) is 17.9 Å². The molecule has 0 heterocycles. The molecule has 1 aromatic carbocycles. The van der Waals surface area contributed by atoms with Crippen LogP contribution in [0.4, 0.5) is 0 Å². The quantitative estimate of drug-likeness (QED) is 0.224. The predicted molar refractivity (Wildman–Crippen MR) is 71.7 cm³/mol. The van der Waals surface area contributed by atoms with E-state index in [1.807, 2.05) is 0 Å². The topological polar surface area (TPSA) is 131 Å². The van der Waals surface area contributed by atoms with Gasteiger partial charge in [-0.3, -0.25) is 14.8 Å². The molecule has 0 bridgehead atoms. The summed E-state index contributed by atoms with van der Waals surface area (Å²) in [6.07, 6.45) is 0.00194. The second-order valence-corrected chi connectivity index (χ2v) is 4.58. The van der Waals surface area contributed by atoms with Crippen molar-refractivity contribution in [3.8, 4) is 5.75 Å². The lowest BCUT2D eigenvalue weighted by Crippen LogP contribution is -2.39. The fourth-order valence-corrected chi connectivity index (χ4v) is 1.74. The number of rotatable bonds is 5. The first-order valence-electron chi connectivity index (χ1n) is 5.37. The number of nitrogens with one attached hydrogen (secondary N) is 2. The summed E-state index contributed by atoms with van der Waals surface area (Å²) in [7, 11) is 0. The molecular formula is C11H12BrN3O5. The van der Waals surface area contributed by atoms with Crippen molar-refractivity contribution in [2.24, 2.45) is 5.16 Å². The van der Waals surface area contributed by atoms with Crippen molar-refractivity contribution in [1.29, 1.82) is 0 Å². The molecule has 0 aliphatic carbocycles. The van der Waals surface area contributed by atoms with Crippen molar-refractivity contribution in [1.82, 2.24) is 10.8 Å². The molecule has 2 amide bonds. The Balaban J connectivity index is 2.69. The van der Waals surface area contributed by atoms with Crippen LogP contribution in [0.1, 0.15) is 5.56 Å². The van der Waals surface area contributed by atoms with Crippen LogP contribution in [0.15, 0.2) is 27.8 Å². The van der Waals surface area contributed by atoms with E-state index in [2.05, 4.69) is 26.4 Å². The number of carbonyl (C=O) groups is 2. The number of amides is 2. The summed E-state index contributed by atoms with van der Waals surface area (Å²) in [5.41, 5.74) is 1.75. The van der Waals surface area contributed by atoms with Crippen LogP contribution < -0.4 is 10.8 Å². The number of phenolic OH excluding ortho intramolecular Hbond substituents is 1. The zero-order valence-corrected chi connectivity index (χ0v) is 11.7. The van der Waals surface area contributed by atoms with E-state index < -0.39 is 18.4 Å². The van der Waals surface area contributed by atoms with E-state index in [0.717, 1.165) is 0 Å². The average molecular weight is 346 g/mol. The number of oxime groups is 1. The second-order valence-electron chi connectivity index (χ2n) is 3.73. The minimum absolute atomic E-state index is 0.00194. The first kappa shape index (κ1) is 15.9. The lowest BCUT2D eigenvalue weighted by atomic mass is 10.1. The van der Waals surface area contributed by atoms with Gasteiger partial charge in [-0.2, -0.15) is 0 Å². The fourth-order valence-electron chi connectivity index (χ4n) is 1.32. The summed E-state index contributed by atoms with van der Waals surface area (Å²) in [5, 5.41) is 31.5. The van der Waals surface area contributed by atoms with Gasteiger partial charge in [0.25, 0.3) is 11.8 Å². The lowest BCUT2D eigenvalue weighted by Gasteiger charge is -2.07. The Morgan fingerprint density at radius 3 is 2.60 bits per heavy atom. The van der Waals surface area contributed by atoms with Gasteiger partial charge < -0.3 is 15.6 Å².